The van der Waals surface area contributed by atoms with Crippen LogP contribution in [0.2, 0.25) is 0 Å². The summed E-state index contributed by atoms with van der Waals surface area (Å²) in [5, 5.41) is 10.6. The lowest BCUT2D eigenvalue weighted by Gasteiger charge is -2.30. The summed E-state index contributed by atoms with van der Waals surface area (Å²) in [6.45, 7) is 2.28. The molecule has 1 aliphatic heterocycles. The molecule has 0 spiro atoms. The molecular weight excluding hydrogens is 310 g/mol. The van der Waals surface area contributed by atoms with E-state index in [0.29, 0.717) is 25.9 Å². The fraction of sp³-hybridized carbons (Fsp3) is 0.400. The highest BCUT2D eigenvalue weighted by molar-refractivity contribution is 5.66. The summed E-state index contributed by atoms with van der Waals surface area (Å²) in [6.07, 6.45) is 2.95. The molecule has 124 valence electrons. The van der Waals surface area contributed by atoms with Crippen molar-refractivity contribution in [2.75, 3.05) is 24.6 Å². The van der Waals surface area contributed by atoms with Crippen LogP contribution in [-0.4, -0.2) is 30.6 Å². The second-order valence-electron chi connectivity index (χ2n) is 5.17. The maximum Gasteiger partial charge on any atom is 0.302 e. The van der Waals surface area contributed by atoms with E-state index in [1.54, 1.807) is 6.08 Å². The summed E-state index contributed by atoms with van der Waals surface area (Å²) in [5.74, 6) is -2.25. The summed E-state index contributed by atoms with van der Waals surface area (Å²) in [6, 6.07) is 1.45. The van der Waals surface area contributed by atoms with Crippen LogP contribution in [-0.2, 0) is 9.53 Å². The van der Waals surface area contributed by atoms with Gasteiger partial charge >= 0.3 is 5.97 Å². The number of esters is 1. The lowest BCUT2D eigenvalue weighted by molar-refractivity contribution is -0.385. The molecule has 0 saturated carbocycles. The fourth-order valence-electron chi connectivity index (χ4n) is 2.46. The van der Waals surface area contributed by atoms with Crippen LogP contribution in [0, 0.1) is 21.7 Å². The molecule has 0 unspecified atom stereocenters. The number of rotatable bonds is 4. The van der Waals surface area contributed by atoms with Crippen molar-refractivity contribution in [3.8, 4) is 0 Å². The molecule has 1 aromatic carbocycles. The van der Waals surface area contributed by atoms with Crippen LogP contribution in [0.3, 0.4) is 0 Å². The minimum Gasteiger partial charge on any atom is -0.462 e. The monoisotopic (exact) mass is 326 g/mol. The van der Waals surface area contributed by atoms with E-state index in [9.17, 15) is 23.7 Å². The number of halogens is 2. The smallest absolute Gasteiger partial charge is 0.302 e. The van der Waals surface area contributed by atoms with Gasteiger partial charge in [-0.3, -0.25) is 14.9 Å². The zero-order valence-electron chi connectivity index (χ0n) is 12.6. The lowest BCUT2D eigenvalue weighted by Crippen LogP contribution is -2.32. The SMILES string of the molecule is CC(=O)OCC=C1CCN(c2c(F)cc([N+](=O)[O-])cc2F)CC1. The van der Waals surface area contributed by atoms with Gasteiger partial charge < -0.3 is 9.64 Å². The standard InChI is InChI=1S/C15H16F2N2O4/c1-10(20)23-7-4-11-2-5-18(6-3-11)15-13(16)8-12(19(21)22)9-14(15)17/h4,8-9H,2-3,5-7H2,1H3. The molecule has 1 saturated heterocycles. The van der Waals surface area contributed by atoms with Crippen molar-refractivity contribution in [3.63, 3.8) is 0 Å². The van der Waals surface area contributed by atoms with Crippen LogP contribution < -0.4 is 4.90 Å². The molecule has 0 radical (unpaired) electrons. The molecule has 8 heteroatoms. The Morgan fingerprint density at radius 3 is 2.39 bits per heavy atom. The van der Waals surface area contributed by atoms with Gasteiger partial charge in [0.05, 0.1) is 17.1 Å². The molecule has 1 fully saturated rings. The molecule has 0 aromatic heterocycles. The maximum absolute atomic E-state index is 14.0. The average molecular weight is 326 g/mol. The highest BCUT2D eigenvalue weighted by Crippen LogP contribution is 2.31. The number of anilines is 1. The molecule has 0 aliphatic carbocycles. The molecule has 0 bridgehead atoms. The van der Waals surface area contributed by atoms with Gasteiger partial charge in [-0.25, -0.2) is 8.78 Å². The third-order valence-corrected chi connectivity index (χ3v) is 3.59. The van der Waals surface area contributed by atoms with Crippen LogP contribution in [0.4, 0.5) is 20.2 Å². The number of hydrogen-bond acceptors (Lipinski definition) is 5. The Hall–Kier alpha value is -2.51. The van der Waals surface area contributed by atoms with Gasteiger partial charge in [-0.05, 0) is 18.9 Å². The highest BCUT2D eigenvalue weighted by atomic mass is 19.1. The van der Waals surface area contributed by atoms with E-state index in [-0.39, 0.29) is 18.3 Å². The summed E-state index contributed by atoms with van der Waals surface area (Å²) in [7, 11) is 0. The van der Waals surface area contributed by atoms with Crippen LogP contribution in [0.25, 0.3) is 0 Å². The molecule has 23 heavy (non-hydrogen) atoms. The Balaban J connectivity index is 2.06. The van der Waals surface area contributed by atoms with E-state index >= 15 is 0 Å². The normalized spacial score (nSPS) is 14.6. The fourth-order valence-corrected chi connectivity index (χ4v) is 2.46. The van der Waals surface area contributed by atoms with Crippen molar-refractivity contribution in [1.82, 2.24) is 0 Å². The van der Waals surface area contributed by atoms with Crippen LogP contribution in [0.15, 0.2) is 23.8 Å². The van der Waals surface area contributed by atoms with E-state index < -0.39 is 22.2 Å². The maximum atomic E-state index is 14.0. The largest absolute Gasteiger partial charge is 0.462 e. The first-order valence-corrected chi connectivity index (χ1v) is 7.08. The summed E-state index contributed by atoms with van der Waals surface area (Å²) in [5.41, 5.74) is 0.197. The number of piperidine rings is 1. The van der Waals surface area contributed by atoms with Crippen molar-refractivity contribution in [2.24, 2.45) is 0 Å². The Bertz CT molecular complexity index is 628. The van der Waals surface area contributed by atoms with E-state index in [1.807, 2.05) is 0 Å². The zero-order valence-corrected chi connectivity index (χ0v) is 12.6. The van der Waals surface area contributed by atoms with Gasteiger partial charge in [-0.1, -0.05) is 5.57 Å². The van der Waals surface area contributed by atoms with E-state index in [1.165, 1.54) is 11.8 Å². The van der Waals surface area contributed by atoms with E-state index in [4.69, 9.17) is 4.74 Å². The molecule has 0 amide bonds. The first kappa shape index (κ1) is 16.9. The van der Waals surface area contributed by atoms with Gasteiger partial charge in [0.2, 0.25) is 0 Å². The van der Waals surface area contributed by atoms with Gasteiger partial charge in [0.25, 0.3) is 5.69 Å². The number of benzene rings is 1. The van der Waals surface area contributed by atoms with Crippen molar-refractivity contribution >= 4 is 17.3 Å². The highest BCUT2D eigenvalue weighted by Gasteiger charge is 2.24. The molecule has 1 heterocycles. The predicted octanol–water partition coefficient (Wildman–Crippen LogP) is 2.96. The minimum atomic E-state index is -0.941. The number of carbonyl (C=O) groups excluding carboxylic acids is 1. The van der Waals surface area contributed by atoms with Gasteiger partial charge in [0.1, 0.15) is 12.3 Å². The third-order valence-electron chi connectivity index (χ3n) is 3.59. The van der Waals surface area contributed by atoms with Crippen molar-refractivity contribution < 1.29 is 23.2 Å². The molecule has 6 nitrogen and oxygen atoms in total. The van der Waals surface area contributed by atoms with Gasteiger partial charge in [-0.2, -0.15) is 0 Å². The third kappa shape index (κ3) is 4.24. The molecular formula is C15H16F2N2O4. The molecule has 0 N–H and O–H groups in total. The number of ether oxygens (including phenoxy) is 1. The number of non-ortho nitro benzene ring substituents is 1. The van der Waals surface area contributed by atoms with Gasteiger partial charge in [0, 0.05) is 20.0 Å². The molecule has 1 aromatic rings. The van der Waals surface area contributed by atoms with Crippen LogP contribution in [0.1, 0.15) is 19.8 Å². The lowest BCUT2D eigenvalue weighted by atomic mass is 10.0. The molecule has 2 rings (SSSR count). The first-order valence-electron chi connectivity index (χ1n) is 7.08. The second kappa shape index (κ2) is 7.17. The minimum absolute atomic E-state index is 0.185. The number of carbonyl (C=O) groups is 1. The number of nitro benzene ring substituents is 1. The van der Waals surface area contributed by atoms with E-state index in [0.717, 1.165) is 17.7 Å². The molecule has 0 atom stereocenters. The summed E-state index contributed by atoms with van der Waals surface area (Å²) in [4.78, 5) is 22.0. The Labute approximate surface area is 131 Å². The first-order chi connectivity index (χ1) is 10.9. The quantitative estimate of drug-likeness (QED) is 0.368. The van der Waals surface area contributed by atoms with Gasteiger partial charge in [0.15, 0.2) is 11.6 Å². The summed E-state index contributed by atoms with van der Waals surface area (Å²) >= 11 is 0. The summed E-state index contributed by atoms with van der Waals surface area (Å²) < 4.78 is 32.8. The topological polar surface area (TPSA) is 72.7 Å². The van der Waals surface area contributed by atoms with E-state index in [2.05, 4.69) is 0 Å². The van der Waals surface area contributed by atoms with Crippen LogP contribution in [0.5, 0.6) is 0 Å². The van der Waals surface area contributed by atoms with Crippen LogP contribution >= 0.6 is 0 Å². The van der Waals surface area contributed by atoms with Crippen molar-refractivity contribution in [2.45, 2.75) is 19.8 Å². The Morgan fingerprint density at radius 1 is 1.35 bits per heavy atom. The number of nitro groups is 1. The Kier molecular flexibility index (Phi) is 5.25. The predicted molar refractivity (Wildman–Crippen MR) is 79.2 cm³/mol. The average Bonchev–Trinajstić information content (AvgIpc) is 2.47. The zero-order chi connectivity index (χ0) is 17.0. The van der Waals surface area contributed by atoms with Crippen molar-refractivity contribution in [1.29, 1.82) is 0 Å². The number of hydrogen-bond donors (Lipinski definition) is 0. The second-order valence-corrected chi connectivity index (χ2v) is 5.17. The Morgan fingerprint density at radius 2 is 1.91 bits per heavy atom. The van der Waals surface area contributed by atoms with Crippen molar-refractivity contribution in [3.05, 3.63) is 45.5 Å². The van der Waals surface area contributed by atoms with Gasteiger partial charge in [-0.15, -0.1) is 0 Å². The molecule has 1 aliphatic rings. The number of nitrogens with zero attached hydrogens (tertiary/aromatic N) is 2.